The second-order valence-corrected chi connectivity index (χ2v) is 5.47. The first-order chi connectivity index (χ1) is 10.8. The fraction of sp³-hybridized carbons (Fsp3) is 0.235. The van der Waals surface area contributed by atoms with E-state index in [0.717, 1.165) is 16.9 Å². The van der Waals surface area contributed by atoms with Crippen molar-refractivity contribution >= 4 is 11.3 Å². The Morgan fingerprint density at radius 1 is 1.23 bits per heavy atom. The molecule has 0 atom stereocenters. The maximum atomic E-state index is 6.05. The zero-order chi connectivity index (χ0) is 14.9. The van der Waals surface area contributed by atoms with Gasteiger partial charge >= 0.3 is 0 Å². The summed E-state index contributed by atoms with van der Waals surface area (Å²) in [5, 5.41) is 0. The lowest BCUT2D eigenvalue weighted by atomic mass is 9.85. The van der Waals surface area contributed by atoms with Crippen LogP contribution in [-0.4, -0.2) is 19.4 Å². The van der Waals surface area contributed by atoms with Gasteiger partial charge in [0.2, 0.25) is 0 Å². The first-order valence-electron chi connectivity index (χ1n) is 7.37. The number of hydrogen-bond acceptors (Lipinski definition) is 4. The summed E-state index contributed by atoms with van der Waals surface area (Å²) in [6.45, 7) is 0. The second-order valence-electron chi connectivity index (χ2n) is 5.47. The average Bonchev–Trinajstić information content (AvgIpc) is 2.85. The highest BCUT2D eigenvalue weighted by Gasteiger charge is 2.25. The summed E-state index contributed by atoms with van der Waals surface area (Å²) in [6.07, 6.45) is 10.7. The van der Waals surface area contributed by atoms with E-state index in [0.29, 0.717) is 17.4 Å². The molecule has 1 fully saturated rings. The molecule has 0 aromatic carbocycles. The van der Waals surface area contributed by atoms with E-state index in [4.69, 9.17) is 10.7 Å². The fourth-order valence-electron chi connectivity index (χ4n) is 2.70. The van der Waals surface area contributed by atoms with Crippen LogP contribution in [0.4, 0.5) is 5.82 Å². The van der Waals surface area contributed by atoms with Gasteiger partial charge in [-0.3, -0.25) is 9.38 Å². The number of nitrogens with two attached hydrogens (primary N) is 1. The van der Waals surface area contributed by atoms with Crippen LogP contribution in [0.5, 0.6) is 0 Å². The maximum Gasteiger partial charge on any atom is 0.150 e. The van der Waals surface area contributed by atoms with E-state index in [9.17, 15) is 0 Å². The molecule has 0 amide bonds. The lowest BCUT2D eigenvalue weighted by Crippen LogP contribution is -2.12. The molecule has 0 bridgehead atoms. The number of pyridine rings is 1. The fourth-order valence-corrected chi connectivity index (χ4v) is 2.70. The van der Waals surface area contributed by atoms with E-state index in [2.05, 4.69) is 21.8 Å². The van der Waals surface area contributed by atoms with Crippen LogP contribution >= 0.6 is 0 Å². The zero-order valence-corrected chi connectivity index (χ0v) is 12.0. The molecule has 1 aliphatic rings. The number of anilines is 1. The average molecular weight is 289 g/mol. The van der Waals surface area contributed by atoms with Crippen LogP contribution in [0.2, 0.25) is 0 Å². The molecule has 5 nitrogen and oxygen atoms in total. The number of rotatable bonds is 1. The summed E-state index contributed by atoms with van der Waals surface area (Å²) in [5.41, 5.74) is 8.40. The zero-order valence-electron chi connectivity index (χ0n) is 12.0. The lowest BCUT2D eigenvalue weighted by molar-refractivity contribution is 0.400. The summed E-state index contributed by atoms with van der Waals surface area (Å²) in [6, 6.07) is 3.79. The van der Waals surface area contributed by atoms with E-state index in [1.54, 1.807) is 18.6 Å². The highest BCUT2D eigenvalue weighted by atomic mass is 15.1. The van der Waals surface area contributed by atoms with Gasteiger partial charge in [-0.15, -0.1) is 0 Å². The standard InChI is InChI=1S/C17H15N5/c18-16-15-14(7-6-12-3-2-8-19-11-12)21-17(13-4-1-5-13)22(15)10-9-20-16/h2-3,8-11,13H,1,4-5H2,(H2,18,20). The van der Waals surface area contributed by atoms with Gasteiger partial charge in [0.05, 0.1) is 0 Å². The predicted molar refractivity (Wildman–Crippen MR) is 84.2 cm³/mol. The van der Waals surface area contributed by atoms with Crippen LogP contribution in [-0.2, 0) is 0 Å². The van der Waals surface area contributed by atoms with Crippen molar-refractivity contribution in [2.75, 3.05) is 5.73 Å². The van der Waals surface area contributed by atoms with Gasteiger partial charge in [0, 0.05) is 36.3 Å². The van der Waals surface area contributed by atoms with Crippen LogP contribution in [0.1, 0.15) is 42.3 Å². The summed E-state index contributed by atoms with van der Waals surface area (Å²) in [7, 11) is 0. The molecule has 108 valence electrons. The number of nitrogens with zero attached hydrogens (tertiary/aromatic N) is 4. The van der Waals surface area contributed by atoms with Crippen molar-refractivity contribution in [3.8, 4) is 11.8 Å². The van der Waals surface area contributed by atoms with Crippen molar-refractivity contribution in [3.05, 3.63) is 54.0 Å². The van der Waals surface area contributed by atoms with E-state index < -0.39 is 0 Å². The quantitative estimate of drug-likeness (QED) is 0.698. The minimum Gasteiger partial charge on any atom is -0.382 e. The van der Waals surface area contributed by atoms with Crippen molar-refractivity contribution in [1.29, 1.82) is 0 Å². The smallest absolute Gasteiger partial charge is 0.150 e. The van der Waals surface area contributed by atoms with E-state index in [-0.39, 0.29) is 0 Å². The van der Waals surface area contributed by atoms with Gasteiger partial charge in [-0.05, 0) is 30.9 Å². The maximum absolute atomic E-state index is 6.05. The van der Waals surface area contributed by atoms with Gasteiger partial charge in [-0.2, -0.15) is 0 Å². The Bertz CT molecular complexity index is 882. The van der Waals surface area contributed by atoms with Crippen LogP contribution in [0.25, 0.3) is 5.52 Å². The Morgan fingerprint density at radius 2 is 2.14 bits per heavy atom. The Morgan fingerprint density at radius 3 is 2.86 bits per heavy atom. The van der Waals surface area contributed by atoms with Crippen molar-refractivity contribution < 1.29 is 0 Å². The van der Waals surface area contributed by atoms with Gasteiger partial charge < -0.3 is 5.73 Å². The molecule has 1 saturated carbocycles. The topological polar surface area (TPSA) is 69.1 Å². The summed E-state index contributed by atoms with van der Waals surface area (Å²) in [5.74, 6) is 8.24. The number of fused-ring (bicyclic) bond motifs is 1. The normalized spacial score (nSPS) is 14.4. The van der Waals surface area contributed by atoms with Crippen molar-refractivity contribution in [1.82, 2.24) is 19.4 Å². The SMILES string of the molecule is Nc1nccn2c(C3CCC3)nc(C#Cc3cccnc3)c12. The molecule has 2 N–H and O–H groups in total. The Hall–Kier alpha value is -2.87. The predicted octanol–water partition coefficient (Wildman–Crippen LogP) is 2.37. The van der Waals surface area contributed by atoms with Gasteiger partial charge in [0.1, 0.15) is 17.0 Å². The van der Waals surface area contributed by atoms with Crippen molar-refractivity contribution in [2.45, 2.75) is 25.2 Å². The van der Waals surface area contributed by atoms with Gasteiger partial charge in [-0.1, -0.05) is 12.3 Å². The number of hydrogen-bond donors (Lipinski definition) is 1. The molecule has 3 heterocycles. The molecular formula is C17H15N5. The monoisotopic (exact) mass is 289 g/mol. The van der Waals surface area contributed by atoms with E-state index in [1.165, 1.54) is 19.3 Å². The summed E-state index contributed by atoms with van der Waals surface area (Å²) < 4.78 is 2.04. The van der Waals surface area contributed by atoms with Crippen LogP contribution in [0.3, 0.4) is 0 Å². The molecule has 1 aliphatic carbocycles. The first-order valence-corrected chi connectivity index (χ1v) is 7.37. The third-order valence-electron chi connectivity index (χ3n) is 4.07. The highest BCUT2D eigenvalue weighted by Crippen LogP contribution is 2.36. The van der Waals surface area contributed by atoms with Gasteiger partial charge in [0.25, 0.3) is 0 Å². The third-order valence-corrected chi connectivity index (χ3v) is 4.07. The molecule has 5 heteroatoms. The molecule has 0 spiro atoms. The molecule has 3 aromatic heterocycles. The van der Waals surface area contributed by atoms with Crippen LogP contribution in [0, 0.1) is 11.8 Å². The minimum absolute atomic E-state index is 0.469. The molecule has 0 radical (unpaired) electrons. The van der Waals surface area contributed by atoms with Crippen molar-refractivity contribution in [2.24, 2.45) is 0 Å². The number of aromatic nitrogens is 4. The summed E-state index contributed by atoms with van der Waals surface area (Å²) in [4.78, 5) is 13.0. The number of nitrogen functional groups attached to an aromatic ring is 1. The van der Waals surface area contributed by atoms with Gasteiger partial charge in [-0.25, -0.2) is 9.97 Å². The molecule has 0 aliphatic heterocycles. The molecule has 4 rings (SSSR count). The van der Waals surface area contributed by atoms with Crippen LogP contribution in [0.15, 0.2) is 36.9 Å². The Labute approximate surface area is 128 Å². The molecule has 22 heavy (non-hydrogen) atoms. The summed E-state index contributed by atoms with van der Waals surface area (Å²) >= 11 is 0. The van der Waals surface area contributed by atoms with Crippen molar-refractivity contribution in [3.63, 3.8) is 0 Å². The highest BCUT2D eigenvalue weighted by molar-refractivity contribution is 5.73. The third kappa shape index (κ3) is 2.09. The molecule has 3 aromatic rings. The molecular weight excluding hydrogens is 274 g/mol. The second kappa shape index (κ2) is 5.15. The number of imidazole rings is 1. The van der Waals surface area contributed by atoms with Crippen LogP contribution < -0.4 is 5.73 Å². The molecule has 0 unspecified atom stereocenters. The minimum atomic E-state index is 0.469. The lowest BCUT2D eigenvalue weighted by Gasteiger charge is -2.23. The Balaban J connectivity index is 1.85. The van der Waals surface area contributed by atoms with Gasteiger partial charge in [0.15, 0.2) is 5.82 Å². The Kier molecular flexibility index (Phi) is 3.01. The van der Waals surface area contributed by atoms with E-state index >= 15 is 0 Å². The van der Waals surface area contributed by atoms with E-state index in [1.807, 2.05) is 22.7 Å². The molecule has 0 saturated heterocycles. The first kappa shape index (κ1) is 12.8. The largest absolute Gasteiger partial charge is 0.382 e.